The van der Waals surface area contributed by atoms with Crippen molar-refractivity contribution in [1.82, 2.24) is 9.88 Å². The Labute approximate surface area is 178 Å². The molecule has 1 amide bonds. The topological polar surface area (TPSA) is 60.3 Å². The summed E-state index contributed by atoms with van der Waals surface area (Å²) in [7, 11) is 1.78. The smallest absolute Gasteiger partial charge is 0.356 e. The molecule has 4 rings (SSSR count). The van der Waals surface area contributed by atoms with Crippen LogP contribution in [-0.4, -0.2) is 22.5 Å². The number of aryl methyl sites for hydroxylation is 2. The highest BCUT2D eigenvalue weighted by Crippen LogP contribution is 2.30. The molecule has 7 heteroatoms. The monoisotopic (exact) mass is 428 g/mol. The van der Waals surface area contributed by atoms with Crippen LogP contribution < -0.4 is 5.32 Å². The van der Waals surface area contributed by atoms with E-state index in [1.807, 2.05) is 13.0 Å². The zero-order chi connectivity index (χ0) is 21.3. The number of benzene rings is 1. The van der Waals surface area contributed by atoms with E-state index in [-0.39, 0.29) is 11.6 Å². The molecule has 0 radical (unpaired) electrons. The summed E-state index contributed by atoms with van der Waals surface area (Å²) in [5.74, 6) is -1.70. The Balaban J connectivity index is 1.60. The van der Waals surface area contributed by atoms with Gasteiger partial charge in [-0.15, -0.1) is 11.3 Å². The number of halogens is 1. The SMILES string of the molecule is Cc1cc2c(cc(C(=O)O[C@H](C(=O)NC3CCCCC3)c3ccccc3F)n2C)s1. The molecule has 1 N–H and O–H groups in total. The van der Waals surface area contributed by atoms with E-state index in [2.05, 4.69) is 5.32 Å². The zero-order valence-corrected chi connectivity index (χ0v) is 17.9. The van der Waals surface area contributed by atoms with Crippen LogP contribution in [-0.2, 0) is 16.6 Å². The van der Waals surface area contributed by atoms with E-state index in [0.717, 1.165) is 47.2 Å². The normalized spacial score (nSPS) is 15.8. The first-order valence-electron chi connectivity index (χ1n) is 10.3. The molecule has 0 saturated heterocycles. The van der Waals surface area contributed by atoms with Gasteiger partial charge in [-0.25, -0.2) is 9.18 Å². The number of hydrogen-bond donors (Lipinski definition) is 1. The maximum atomic E-state index is 14.5. The van der Waals surface area contributed by atoms with Gasteiger partial charge in [0.05, 0.1) is 10.2 Å². The number of hydrogen-bond acceptors (Lipinski definition) is 4. The fraction of sp³-hybridized carbons (Fsp3) is 0.391. The lowest BCUT2D eigenvalue weighted by Crippen LogP contribution is -2.40. The molecule has 158 valence electrons. The van der Waals surface area contributed by atoms with E-state index in [0.29, 0.717) is 5.69 Å². The number of aromatic nitrogens is 1. The van der Waals surface area contributed by atoms with Gasteiger partial charge in [-0.3, -0.25) is 4.79 Å². The van der Waals surface area contributed by atoms with Crippen LogP contribution in [0.25, 0.3) is 10.2 Å². The van der Waals surface area contributed by atoms with Gasteiger partial charge in [0.15, 0.2) is 0 Å². The summed E-state index contributed by atoms with van der Waals surface area (Å²) >= 11 is 1.58. The fourth-order valence-electron chi connectivity index (χ4n) is 4.07. The van der Waals surface area contributed by atoms with Crippen molar-refractivity contribution < 1.29 is 18.7 Å². The molecule has 2 heterocycles. The zero-order valence-electron chi connectivity index (χ0n) is 17.1. The van der Waals surface area contributed by atoms with Crippen LogP contribution in [0.4, 0.5) is 4.39 Å². The van der Waals surface area contributed by atoms with Gasteiger partial charge >= 0.3 is 5.97 Å². The summed E-state index contributed by atoms with van der Waals surface area (Å²) in [5.41, 5.74) is 1.33. The number of esters is 1. The van der Waals surface area contributed by atoms with Crippen LogP contribution in [0.5, 0.6) is 0 Å². The molecular weight excluding hydrogens is 403 g/mol. The average Bonchev–Trinajstić information content (AvgIpc) is 3.24. The number of nitrogens with one attached hydrogen (secondary N) is 1. The number of amides is 1. The Morgan fingerprint density at radius 2 is 1.93 bits per heavy atom. The molecule has 5 nitrogen and oxygen atoms in total. The molecule has 1 aliphatic rings. The van der Waals surface area contributed by atoms with Gasteiger partial charge in [0, 0.05) is 23.5 Å². The Morgan fingerprint density at radius 1 is 1.20 bits per heavy atom. The summed E-state index contributed by atoms with van der Waals surface area (Å²) in [4.78, 5) is 27.1. The third kappa shape index (κ3) is 4.12. The quantitative estimate of drug-likeness (QED) is 0.580. The predicted octanol–water partition coefficient (Wildman–Crippen LogP) is 5.03. The van der Waals surface area contributed by atoms with E-state index in [9.17, 15) is 14.0 Å². The number of carbonyl (C=O) groups excluding carboxylic acids is 2. The number of thiophene rings is 1. The minimum absolute atomic E-state index is 0.0302. The highest BCUT2D eigenvalue weighted by atomic mass is 32.1. The van der Waals surface area contributed by atoms with E-state index in [1.54, 1.807) is 41.2 Å². The third-order valence-electron chi connectivity index (χ3n) is 5.67. The number of fused-ring (bicyclic) bond motifs is 1. The first-order chi connectivity index (χ1) is 14.4. The van der Waals surface area contributed by atoms with Gasteiger partial charge < -0.3 is 14.6 Å². The molecule has 1 atom stereocenters. The molecule has 1 aromatic carbocycles. The predicted molar refractivity (Wildman–Crippen MR) is 115 cm³/mol. The lowest BCUT2D eigenvalue weighted by molar-refractivity contribution is -0.131. The maximum absolute atomic E-state index is 14.5. The highest BCUT2D eigenvalue weighted by Gasteiger charge is 2.31. The first-order valence-corrected chi connectivity index (χ1v) is 11.1. The van der Waals surface area contributed by atoms with Crippen molar-refractivity contribution in [2.75, 3.05) is 0 Å². The van der Waals surface area contributed by atoms with Gasteiger partial charge in [0.2, 0.25) is 6.10 Å². The Hall–Kier alpha value is -2.67. The average molecular weight is 429 g/mol. The summed E-state index contributed by atoms with van der Waals surface area (Å²) in [5, 5.41) is 2.96. The van der Waals surface area contributed by atoms with Crippen LogP contribution in [0.2, 0.25) is 0 Å². The van der Waals surface area contributed by atoms with Crippen LogP contribution in [0, 0.1) is 12.7 Å². The lowest BCUT2D eigenvalue weighted by Gasteiger charge is -2.26. The Bertz CT molecular complexity index is 1080. The Kier molecular flexibility index (Phi) is 5.90. The molecule has 3 aromatic rings. The standard InChI is InChI=1S/C23H25FN2O3S/c1-14-12-18-20(30-14)13-19(26(18)2)23(28)29-21(16-10-6-7-11-17(16)24)22(27)25-15-8-4-3-5-9-15/h6-7,10-13,15,21H,3-5,8-9H2,1-2H3,(H,25,27)/t21-/m0/s1. The van der Waals surface area contributed by atoms with Crippen LogP contribution in [0.3, 0.4) is 0 Å². The molecule has 1 aliphatic carbocycles. The van der Waals surface area contributed by atoms with E-state index < -0.39 is 23.8 Å². The second-order valence-electron chi connectivity index (χ2n) is 7.85. The minimum Gasteiger partial charge on any atom is -0.442 e. The molecule has 30 heavy (non-hydrogen) atoms. The van der Waals surface area contributed by atoms with Crippen molar-refractivity contribution in [3.05, 3.63) is 58.3 Å². The van der Waals surface area contributed by atoms with Crippen LogP contribution >= 0.6 is 11.3 Å². The summed E-state index contributed by atoms with van der Waals surface area (Å²) in [6.07, 6.45) is 3.69. The van der Waals surface area contributed by atoms with Gasteiger partial charge in [-0.1, -0.05) is 37.5 Å². The van der Waals surface area contributed by atoms with Crippen LogP contribution in [0.1, 0.15) is 59.1 Å². The summed E-state index contributed by atoms with van der Waals surface area (Å²) < 4.78 is 22.8. The maximum Gasteiger partial charge on any atom is 0.356 e. The molecule has 1 saturated carbocycles. The molecule has 0 bridgehead atoms. The van der Waals surface area contributed by atoms with Crippen molar-refractivity contribution in [2.24, 2.45) is 7.05 Å². The minimum atomic E-state index is -1.34. The molecular formula is C23H25FN2O3S. The van der Waals surface area contributed by atoms with E-state index >= 15 is 0 Å². The third-order valence-corrected chi connectivity index (χ3v) is 6.65. The second kappa shape index (κ2) is 8.60. The molecule has 0 spiro atoms. The van der Waals surface area contributed by atoms with E-state index in [1.165, 1.54) is 12.1 Å². The summed E-state index contributed by atoms with van der Waals surface area (Å²) in [6.45, 7) is 2.01. The number of carbonyl (C=O) groups is 2. The molecule has 0 unspecified atom stereocenters. The number of rotatable bonds is 5. The number of nitrogens with zero attached hydrogens (tertiary/aromatic N) is 1. The van der Waals surface area contributed by atoms with Gasteiger partial charge in [0.1, 0.15) is 11.5 Å². The fourth-order valence-corrected chi connectivity index (χ4v) is 5.06. The van der Waals surface area contributed by atoms with Gasteiger partial charge in [-0.05, 0) is 38.0 Å². The van der Waals surface area contributed by atoms with Gasteiger partial charge in [-0.2, -0.15) is 0 Å². The largest absolute Gasteiger partial charge is 0.442 e. The van der Waals surface area contributed by atoms with Crippen LogP contribution in [0.15, 0.2) is 36.4 Å². The van der Waals surface area contributed by atoms with Crippen molar-refractivity contribution in [2.45, 2.75) is 51.2 Å². The molecule has 0 aliphatic heterocycles. The van der Waals surface area contributed by atoms with Crippen molar-refractivity contribution in [1.29, 1.82) is 0 Å². The van der Waals surface area contributed by atoms with E-state index in [4.69, 9.17) is 4.74 Å². The van der Waals surface area contributed by atoms with Crippen molar-refractivity contribution >= 4 is 33.4 Å². The second-order valence-corrected chi connectivity index (χ2v) is 9.13. The summed E-state index contributed by atoms with van der Waals surface area (Å²) in [6, 6.07) is 9.72. The number of ether oxygens (including phenoxy) is 1. The van der Waals surface area contributed by atoms with Crippen molar-refractivity contribution in [3.8, 4) is 0 Å². The molecule has 2 aromatic heterocycles. The van der Waals surface area contributed by atoms with Crippen molar-refractivity contribution in [3.63, 3.8) is 0 Å². The Morgan fingerprint density at radius 3 is 2.63 bits per heavy atom. The molecule has 1 fully saturated rings. The highest BCUT2D eigenvalue weighted by molar-refractivity contribution is 7.19. The van der Waals surface area contributed by atoms with Gasteiger partial charge in [0.25, 0.3) is 5.91 Å². The first kappa shape index (κ1) is 20.6. The lowest BCUT2D eigenvalue weighted by atomic mass is 9.95.